The van der Waals surface area contributed by atoms with Gasteiger partial charge in [0.25, 0.3) is 5.97 Å². The number of hydrogen-bond acceptors (Lipinski definition) is 2. The van der Waals surface area contributed by atoms with Crippen LogP contribution in [0.15, 0.2) is 0 Å². The number of aliphatic carboxylic acids is 2. The normalized spacial score (nSPS) is 8.93. The summed E-state index contributed by atoms with van der Waals surface area (Å²) in [5.41, 5.74) is 0. The molecule has 0 spiro atoms. The summed E-state index contributed by atoms with van der Waals surface area (Å²) in [4.78, 5) is 19.1. The summed E-state index contributed by atoms with van der Waals surface area (Å²) >= 11 is 0. The van der Waals surface area contributed by atoms with Crippen LogP contribution in [0.5, 0.6) is 0 Å². The Balaban J connectivity index is 0. The Morgan fingerprint density at radius 1 is 0.933 bits per heavy atom. The summed E-state index contributed by atoms with van der Waals surface area (Å²) in [6.07, 6.45) is 7.25. The van der Waals surface area contributed by atoms with Crippen LogP contribution < -0.4 is 0 Å². The minimum Gasteiger partial charge on any atom is -0.481 e. The van der Waals surface area contributed by atoms with E-state index >= 15 is 0 Å². The average Bonchev–Trinajstić information content (AvgIpc) is 2.09. The first kappa shape index (κ1) is 16.4. The quantitative estimate of drug-likeness (QED) is 0.644. The maximum atomic E-state index is 10.1. The summed E-state index contributed by atoms with van der Waals surface area (Å²) in [6, 6.07) is 0. The molecule has 0 radical (unpaired) electrons. The molecule has 15 heavy (non-hydrogen) atoms. The van der Waals surface area contributed by atoms with Crippen molar-refractivity contribution in [2.45, 2.75) is 58.8 Å². The van der Waals surface area contributed by atoms with Crippen LogP contribution in [0.1, 0.15) is 58.8 Å². The van der Waals surface area contributed by atoms with E-state index in [1.165, 1.54) is 25.7 Å². The molecular weight excluding hydrogens is 196 g/mol. The lowest BCUT2D eigenvalue weighted by molar-refractivity contribution is -0.137. The van der Waals surface area contributed by atoms with Crippen LogP contribution >= 0.6 is 0 Å². The first-order valence-electron chi connectivity index (χ1n) is 5.42. The molecule has 0 unspecified atom stereocenters. The molecule has 2 N–H and O–H groups in total. The van der Waals surface area contributed by atoms with Gasteiger partial charge in [-0.15, -0.1) is 0 Å². The molecule has 90 valence electrons. The zero-order valence-electron chi connectivity index (χ0n) is 9.66. The maximum Gasteiger partial charge on any atom is 0.303 e. The van der Waals surface area contributed by atoms with Gasteiger partial charge in [-0.1, -0.05) is 39.0 Å². The van der Waals surface area contributed by atoms with E-state index in [-0.39, 0.29) is 0 Å². The van der Waals surface area contributed by atoms with E-state index < -0.39 is 11.9 Å². The summed E-state index contributed by atoms with van der Waals surface area (Å²) in [6.45, 7) is 3.26. The molecule has 0 saturated heterocycles. The monoisotopic (exact) mass is 218 g/mol. The van der Waals surface area contributed by atoms with E-state index in [0.29, 0.717) is 6.42 Å². The van der Waals surface area contributed by atoms with Crippen LogP contribution in [0.3, 0.4) is 0 Å². The number of carboxylic acids is 2. The van der Waals surface area contributed by atoms with Gasteiger partial charge in [0, 0.05) is 13.3 Å². The lowest BCUT2D eigenvalue weighted by atomic mass is 10.1. The third kappa shape index (κ3) is 32.2. The van der Waals surface area contributed by atoms with Crippen molar-refractivity contribution in [1.29, 1.82) is 0 Å². The fraction of sp³-hybridized carbons (Fsp3) is 0.818. The molecule has 0 aliphatic carbocycles. The third-order valence-electron chi connectivity index (χ3n) is 1.74. The highest BCUT2D eigenvalue weighted by Gasteiger charge is 1.95. The number of carboxylic acid groups (broad SMARTS) is 2. The number of carbonyl (C=O) groups is 2. The van der Waals surface area contributed by atoms with Crippen LogP contribution in [0, 0.1) is 0 Å². The number of hydrogen-bond donors (Lipinski definition) is 2. The zero-order chi connectivity index (χ0) is 12.1. The van der Waals surface area contributed by atoms with Gasteiger partial charge in [-0.3, -0.25) is 9.59 Å². The topological polar surface area (TPSA) is 74.6 Å². The summed E-state index contributed by atoms with van der Waals surface area (Å²) in [5.74, 6) is -1.50. The predicted molar refractivity (Wildman–Crippen MR) is 58.9 cm³/mol. The van der Waals surface area contributed by atoms with Crippen molar-refractivity contribution in [2.75, 3.05) is 0 Å². The molecule has 0 atom stereocenters. The SMILES string of the molecule is CC(=O)O.CCCCCCCCC(=O)O. The maximum absolute atomic E-state index is 10.1. The van der Waals surface area contributed by atoms with Crippen molar-refractivity contribution in [3.63, 3.8) is 0 Å². The molecule has 4 heteroatoms. The van der Waals surface area contributed by atoms with E-state index in [9.17, 15) is 4.79 Å². The Morgan fingerprint density at radius 3 is 1.73 bits per heavy atom. The lowest BCUT2D eigenvalue weighted by Crippen LogP contribution is -1.93. The van der Waals surface area contributed by atoms with Gasteiger partial charge >= 0.3 is 5.97 Å². The van der Waals surface area contributed by atoms with E-state index in [1.807, 2.05) is 0 Å². The van der Waals surface area contributed by atoms with Gasteiger partial charge in [-0.25, -0.2) is 0 Å². The second kappa shape index (κ2) is 12.9. The molecular formula is C11H22O4. The minimum atomic E-state index is -0.833. The van der Waals surface area contributed by atoms with Gasteiger partial charge in [-0.05, 0) is 6.42 Å². The van der Waals surface area contributed by atoms with E-state index in [2.05, 4.69) is 6.92 Å². The first-order chi connectivity index (χ1) is 7.00. The van der Waals surface area contributed by atoms with E-state index in [1.54, 1.807) is 0 Å². The number of unbranched alkanes of at least 4 members (excludes halogenated alkanes) is 5. The Morgan fingerprint density at radius 2 is 1.33 bits per heavy atom. The molecule has 0 aliphatic rings. The van der Waals surface area contributed by atoms with E-state index in [4.69, 9.17) is 15.0 Å². The molecule has 0 saturated carbocycles. The molecule has 0 amide bonds. The molecule has 0 aromatic carbocycles. The molecule has 0 fully saturated rings. The third-order valence-corrected chi connectivity index (χ3v) is 1.74. The van der Waals surface area contributed by atoms with Crippen molar-refractivity contribution in [2.24, 2.45) is 0 Å². The molecule has 0 aliphatic heterocycles. The van der Waals surface area contributed by atoms with Crippen molar-refractivity contribution in [3.8, 4) is 0 Å². The molecule has 0 bridgehead atoms. The van der Waals surface area contributed by atoms with Gasteiger partial charge in [0.1, 0.15) is 0 Å². The van der Waals surface area contributed by atoms with Gasteiger partial charge < -0.3 is 10.2 Å². The highest BCUT2D eigenvalue weighted by molar-refractivity contribution is 5.66. The minimum absolute atomic E-state index is 0.339. The Labute approximate surface area is 91.3 Å². The van der Waals surface area contributed by atoms with Crippen molar-refractivity contribution >= 4 is 11.9 Å². The van der Waals surface area contributed by atoms with Gasteiger partial charge in [-0.2, -0.15) is 0 Å². The van der Waals surface area contributed by atoms with Crippen LogP contribution in [0.25, 0.3) is 0 Å². The van der Waals surface area contributed by atoms with Crippen molar-refractivity contribution in [1.82, 2.24) is 0 Å². The van der Waals surface area contributed by atoms with Crippen molar-refractivity contribution < 1.29 is 19.8 Å². The van der Waals surface area contributed by atoms with Crippen LogP contribution in [-0.4, -0.2) is 22.2 Å². The fourth-order valence-electron chi connectivity index (χ4n) is 1.06. The molecule has 0 rings (SSSR count). The predicted octanol–water partition coefficient (Wildman–Crippen LogP) is 2.91. The molecule has 0 aromatic heterocycles. The van der Waals surface area contributed by atoms with Crippen LogP contribution in [0.2, 0.25) is 0 Å². The number of rotatable bonds is 7. The first-order valence-corrected chi connectivity index (χ1v) is 5.42. The lowest BCUT2D eigenvalue weighted by Gasteiger charge is -1.97. The van der Waals surface area contributed by atoms with Gasteiger partial charge in [0.15, 0.2) is 0 Å². The van der Waals surface area contributed by atoms with Gasteiger partial charge in [0.05, 0.1) is 0 Å². The second-order valence-corrected chi connectivity index (χ2v) is 3.43. The standard InChI is InChI=1S/C9H18O2.C2H4O2/c1-2-3-4-5-6-7-8-9(10)11;1-2(3)4/h2-8H2,1H3,(H,10,11);1H3,(H,3,4). The Hall–Kier alpha value is -1.06. The van der Waals surface area contributed by atoms with Crippen LogP contribution in [0.4, 0.5) is 0 Å². The second-order valence-electron chi connectivity index (χ2n) is 3.43. The average molecular weight is 218 g/mol. The highest BCUT2D eigenvalue weighted by atomic mass is 16.4. The summed E-state index contributed by atoms with van der Waals surface area (Å²) in [5, 5.41) is 15.7. The molecule has 0 heterocycles. The van der Waals surface area contributed by atoms with E-state index in [0.717, 1.165) is 19.8 Å². The highest BCUT2D eigenvalue weighted by Crippen LogP contribution is 2.06. The smallest absolute Gasteiger partial charge is 0.303 e. The van der Waals surface area contributed by atoms with Crippen molar-refractivity contribution in [3.05, 3.63) is 0 Å². The summed E-state index contributed by atoms with van der Waals surface area (Å²) in [7, 11) is 0. The fourth-order valence-corrected chi connectivity index (χ4v) is 1.06. The molecule has 0 aromatic rings. The largest absolute Gasteiger partial charge is 0.481 e. The summed E-state index contributed by atoms with van der Waals surface area (Å²) < 4.78 is 0. The zero-order valence-corrected chi connectivity index (χ0v) is 9.66. The van der Waals surface area contributed by atoms with Gasteiger partial charge in [0.2, 0.25) is 0 Å². The van der Waals surface area contributed by atoms with Crippen LogP contribution in [-0.2, 0) is 9.59 Å². The Bertz CT molecular complexity index is 162. The molecule has 4 nitrogen and oxygen atoms in total. The Kier molecular flexibility index (Phi) is 14.1.